The van der Waals surface area contributed by atoms with Gasteiger partial charge in [0.25, 0.3) is 0 Å². The van der Waals surface area contributed by atoms with Gasteiger partial charge in [-0.15, -0.1) is 0 Å². The third-order valence-electron chi connectivity index (χ3n) is 2.67. The Morgan fingerprint density at radius 3 is 2.90 bits per heavy atom. The molecule has 0 radical (unpaired) electrons. The maximum absolute atomic E-state index is 13.1. The Morgan fingerprint density at radius 2 is 2.20 bits per heavy atom. The van der Waals surface area contributed by atoms with E-state index in [9.17, 15) is 4.39 Å². The van der Waals surface area contributed by atoms with E-state index in [-0.39, 0.29) is 11.9 Å². The van der Waals surface area contributed by atoms with Crippen molar-refractivity contribution in [3.05, 3.63) is 47.4 Å². The molecular weight excluding hydrogens is 261 g/mol. The first kappa shape index (κ1) is 14.6. The highest BCUT2D eigenvalue weighted by molar-refractivity contribution is 5.19. The van der Waals surface area contributed by atoms with Crippen molar-refractivity contribution in [1.82, 2.24) is 10.1 Å². The molecule has 0 aliphatic heterocycles. The standard InChI is InChI=1S/C14H18FN3O2/c1-9(2)19-8-12(16)14-17-13(20-18-14)7-10-4-3-5-11(15)6-10/h3-6,9,12H,7-8,16H2,1-2H3. The molecule has 0 amide bonds. The summed E-state index contributed by atoms with van der Waals surface area (Å²) in [6.07, 6.45) is 0.474. The molecule has 1 unspecified atom stereocenters. The van der Waals surface area contributed by atoms with Gasteiger partial charge in [0.2, 0.25) is 5.89 Å². The van der Waals surface area contributed by atoms with Crippen LogP contribution >= 0.6 is 0 Å². The summed E-state index contributed by atoms with van der Waals surface area (Å²) in [5.41, 5.74) is 6.67. The van der Waals surface area contributed by atoms with E-state index in [4.69, 9.17) is 15.0 Å². The number of ether oxygens (including phenoxy) is 1. The van der Waals surface area contributed by atoms with Gasteiger partial charge in [-0.2, -0.15) is 4.98 Å². The molecule has 108 valence electrons. The van der Waals surface area contributed by atoms with Crippen molar-refractivity contribution in [2.45, 2.75) is 32.4 Å². The minimum atomic E-state index is -0.428. The monoisotopic (exact) mass is 279 g/mol. The quantitative estimate of drug-likeness (QED) is 0.877. The van der Waals surface area contributed by atoms with Crippen molar-refractivity contribution >= 4 is 0 Å². The molecule has 2 rings (SSSR count). The third kappa shape index (κ3) is 4.11. The topological polar surface area (TPSA) is 74.2 Å². The van der Waals surface area contributed by atoms with Crippen LogP contribution in [0.1, 0.15) is 37.2 Å². The average Bonchev–Trinajstić information content (AvgIpc) is 2.84. The number of benzene rings is 1. The SMILES string of the molecule is CC(C)OCC(N)c1noc(Cc2cccc(F)c2)n1. The molecule has 2 aromatic rings. The number of hydrogen-bond acceptors (Lipinski definition) is 5. The predicted molar refractivity (Wildman–Crippen MR) is 71.5 cm³/mol. The molecule has 20 heavy (non-hydrogen) atoms. The molecule has 1 aromatic heterocycles. The summed E-state index contributed by atoms with van der Waals surface area (Å²) in [6.45, 7) is 4.19. The Bertz CT molecular complexity index is 557. The van der Waals surface area contributed by atoms with Crippen LogP contribution in [0.4, 0.5) is 4.39 Å². The Hall–Kier alpha value is -1.79. The summed E-state index contributed by atoms with van der Waals surface area (Å²) < 4.78 is 23.6. The van der Waals surface area contributed by atoms with Crippen LogP contribution in [0.15, 0.2) is 28.8 Å². The molecule has 2 N–H and O–H groups in total. The minimum absolute atomic E-state index is 0.0970. The molecule has 1 aromatic carbocycles. The van der Waals surface area contributed by atoms with Crippen molar-refractivity contribution in [2.24, 2.45) is 5.73 Å². The number of rotatable bonds is 6. The Labute approximate surface area is 116 Å². The van der Waals surface area contributed by atoms with Gasteiger partial charge in [-0.3, -0.25) is 0 Å². The third-order valence-corrected chi connectivity index (χ3v) is 2.67. The van der Waals surface area contributed by atoms with Crippen LogP contribution in [-0.4, -0.2) is 22.9 Å². The number of aromatic nitrogens is 2. The summed E-state index contributed by atoms with van der Waals surface area (Å²) in [6, 6.07) is 5.84. The van der Waals surface area contributed by atoms with E-state index in [1.165, 1.54) is 12.1 Å². The summed E-state index contributed by atoms with van der Waals surface area (Å²) >= 11 is 0. The Kier molecular flexibility index (Phi) is 4.81. The number of nitrogens with zero attached hydrogens (tertiary/aromatic N) is 2. The fourth-order valence-electron chi connectivity index (χ4n) is 1.68. The second-order valence-corrected chi connectivity index (χ2v) is 4.84. The molecule has 6 heteroatoms. The lowest BCUT2D eigenvalue weighted by Gasteiger charge is -2.10. The van der Waals surface area contributed by atoms with Crippen molar-refractivity contribution in [1.29, 1.82) is 0 Å². The van der Waals surface area contributed by atoms with Gasteiger partial charge in [-0.25, -0.2) is 4.39 Å². The maximum Gasteiger partial charge on any atom is 0.231 e. The van der Waals surface area contributed by atoms with E-state index in [0.29, 0.717) is 24.7 Å². The van der Waals surface area contributed by atoms with Crippen LogP contribution in [-0.2, 0) is 11.2 Å². The molecule has 1 heterocycles. The van der Waals surface area contributed by atoms with E-state index in [1.54, 1.807) is 12.1 Å². The Morgan fingerprint density at radius 1 is 1.40 bits per heavy atom. The highest BCUT2D eigenvalue weighted by Gasteiger charge is 2.15. The van der Waals surface area contributed by atoms with Gasteiger partial charge >= 0.3 is 0 Å². The second kappa shape index (κ2) is 6.58. The molecule has 0 fully saturated rings. The molecule has 0 bridgehead atoms. The zero-order chi connectivity index (χ0) is 14.5. The smallest absolute Gasteiger partial charge is 0.231 e. The normalized spacial score (nSPS) is 12.8. The zero-order valence-corrected chi connectivity index (χ0v) is 11.5. The molecule has 0 saturated carbocycles. The summed E-state index contributed by atoms with van der Waals surface area (Å²) in [5, 5.41) is 3.83. The highest BCUT2D eigenvalue weighted by atomic mass is 19.1. The van der Waals surface area contributed by atoms with Gasteiger partial charge in [-0.1, -0.05) is 17.3 Å². The largest absolute Gasteiger partial charge is 0.377 e. The van der Waals surface area contributed by atoms with E-state index in [0.717, 1.165) is 5.56 Å². The first-order valence-electron chi connectivity index (χ1n) is 6.48. The van der Waals surface area contributed by atoms with Crippen LogP contribution in [0.2, 0.25) is 0 Å². The van der Waals surface area contributed by atoms with Gasteiger partial charge in [0.1, 0.15) is 5.82 Å². The van der Waals surface area contributed by atoms with Crippen LogP contribution in [0.5, 0.6) is 0 Å². The summed E-state index contributed by atoms with van der Waals surface area (Å²) in [5.74, 6) is 0.520. The lowest BCUT2D eigenvalue weighted by atomic mass is 10.1. The number of hydrogen-bond donors (Lipinski definition) is 1. The predicted octanol–water partition coefficient (Wildman–Crippen LogP) is 2.22. The van der Waals surface area contributed by atoms with Crippen molar-refractivity contribution in [3.63, 3.8) is 0 Å². The molecule has 0 aliphatic carbocycles. The Balaban J connectivity index is 1.98. The maximum atomic E-state index is 13.1. The number of halogens is 1. The summed E-state index contributed by atoms with van der Waals surface area (Å²) in [4.78, 5) is 4.21. The van der Waals surface area contributed by atoms with Gasteiger partial charge in [0.15, 0.2) is 5.82 Å². The average molecular weight is 279 g/mol. The molecular formula is C14H18FN3O2. The fourth-order valence-corrected chi connectivity index (χ4v) is 1.68. The van der Waals surface area contributed by atoms with Gasteiger partial charge in [-0.05, 0) is 31.5 Å². The minimum Gasteiger partial charge on any atom is -0.377 e. The van der Waals surface area contributed by atoms with Crippen molar-refractivity contribution < 1.29 is 13.7 Å². The van der Waals surface area contributed by atoms with E-state index >= 15 is 0 Å². The fraction of sp³-hybridized carbons (Fsp3) is 0.429. The number of nitrogens with two attached hydrogens (primary N) is 1. The lowest BCUT2D eigenvalue weighted by molar-refractivity contribution is 0.0665. The van der Waals surface area contributed by atoms with Crippen molar-refractivity contribution in [2.75, 3.05) is 6.61 Å². The van der Waals surface area contributed by atoms with E-state index < -0.39 is 6.04 Å². The van der Waals surface area contributed by atoms with Crippen LogP contribution in [0, 0.1) is 5.82 Å². The zero-order valence-electron chi connectivity index (χ0n) is 11.5. The second-order valence-electron chi connectivity index (χ2n) is 4.84. The van der Waals surface area contributed by atoms with Crippen LogP contribution in [0.3, 0.4) is 0 Å². The van der Waals surface area contributed by atoms with Crippen LogP contribution in [0.25, 0.3) is 0 Å². The van der Waals surface area contributed by atoms with Crippen molar-refractivity contribution in [3.8, 4) is 0 Å². The summed E-state index contributed by atoms with van der Waals surface area (Å²) in [7, 11) is 0. The van der Waals surface area contributed by atoms with E-state index in [2.05, 4.69) is 10.1 Å². The first-order chi connectivity index (χ1) is 9.54. The first-order valence-corrected chi connectivity index (χ1v) is 6.48. The molecule has 1 atom stereocenters. The van der Waals surface area contributed by atoms with Crippen LogP contribution < -0.4 is 5.73 Å². The van der Waals surface area contributed by atoms with Gasteiger partial charge in [0.05, 0.1) is 25.2 Å². The van der Waals surface area contributed by atoms with Gasteiger partial charge in [0, 0.05) is 0 Å². The van der Waals surface area contributed by atoms with Gasteiger partial charge < -0.3 is 15.0 Å². The molecule has 0 aliphatic rings. The van der Waals surface area contributed by atoms with E-state index in [1.807, 2.05) is 13.8 Å². The lowest BCUT2D eigenvalue weighted by Crippen LogP contribution is -2.20. The molecule has 5 nitrogen and oxygen atoms in total. The highest BCUT2D eigenvalue weighted by Crippen LogP contribution is 2.12. The molecule has 0 saturated heterocycles. The molecule has 0 spiro atoms.